The van der Waals surface area contributed by atoms with Gasteiger partial charge >= 0.3 is 6.18 Å². The highest BCUT2D eigenvalue weighted by molar-refractivity contribution is 6.07. The molecule has 0 bridgehead atoms. The lowest BCUT2D eigenvalue weighted by molar-refractivity contribution is -0.137. The molecule has 0 aliphatic rings. The van der Waals surface area contributed by atoms with Crippen molar-refractivity contribution in [2.45, 2.75) is 13.1 Å². The number of hydrogen-bond donors (Lipinski definition) is 1. The minimum atomic E-state index is -4.46. The predicted octanol–water partition coefficient (Wildman–Crippen LogP) is 4.52. The first-order valence-corrected chi connectivity index (χ1v) is 7.46. The lowest BCUT2D eigenvalue weighted by Gasteiger charge is -2.08. The zero-order chi connectivity index (χ0) is 18.9. The molecule has 2 aromatic heterocycles. The van der Waals surface area contributed by atoms with E-state index in [9.17, 15) is 23.2 Å². The minimum Gasteiger partial charge on any atom is -0.443 e. The zero-order valence-electron chi connectivity index (χ0n) is 13.5. The van der Waals surface area contributed by atoms with Gasteiger partial charge in [0.1, 0.15) is 23.0 Å². The number of halogens is 3. The van der Waals surface area contributed by atoms with Gasteiger partial charge in [0.15, 0.2) is 0 Å². The minimum absolute atomic E-state index is 0.0381. The summed E-state index contributed by atoms with van der Waals surface area (Å²) in [6.45, 7) is 1.54. The molecule has 0 spiro atoms. The third-order valence-electron chi connectivity index (χ3n) is 3.71. The van der Waals surface area contributed by atoms with Gasteiger partial charge in [-0.1, -0.05) is 0 Å². The van der Waals surface area contributed by atoms with Crippen molar-refractivity contribution in [2.75, 3.05) is 5.32 Å². The lowest BCUT2D eigenvalue weighted by Crippen LogP contribution is -2.14. The van der Waals surface area contributed by atoms with E-state index in [1.165, 1.54) is 6.92 Å². The van der Waals surface area contributed by atoms with Crippen molar-refractivity contribution >= 4 is 11.6 Å². The second-order valence-corrected chi connectivity index (χ2v) is 5.44. The fraction of sp³-hybridized carbons (Fsp3) is 0.111. The molecule has 0 atom stereocenters. The second-order valence-electron chi connectivity index (χ2n) is 5.44. The molecular weight excluding hydrogens is 347 g/mol. The topological polar surface area (TPSA) is 71.0 Å². The number of nitriles is 1. The number of hydrogen-bond acceptors (Lipinski definition) is 3. The largest absolute Gasteiger partial charge is 0.443 e. The third kappa shape index (κ3) is 3.19. The average molecular weight is 359 g/mol. The Morgan fingerprint density at radius 3 is 2.35 bits per heavy atom. The van der Waals surface area contributed by atoms with Crippen molar-refractivity contribution < 1.29 is 22.4 Å². The van der Waals surface area contributed by atoms with E-state index >= 15 is 0 Å². The first-order chi connectivity index (χ1) is 12.3. The average Bonchev–Trinajstić information content (AvgIpc) is 3.21. The van der Waals surface area contributed by atoms with Crippen molar-refractivity contribution in [2.24, 2.45) is 0 Å². The Balaban J connectivity index is 1.90. The third-order valence-corrected chi connectivity index (χ3v) is 3.71. The van der Waals surface area contributed by atoms with Crippen LogP contribution in [-0.2, 0) is 6.18 Å². The fourth-order valence-electron chi connectivity index (χ4n) is 2.50. The molecule has 8 heteroatoms. The number of nitrogens with zero attached hydrogens (tertiary/aromatic N) is 2. The molecule has 5 nitrogen and oxygen atoms in total. The predicted molar refractivity (Wildman–Crippen MR) is 86.9 cm³/mol. The number of amides is 1. The molecule has 0 fully saturated rings. The van der Waals surface area contributed by atoms with Crippen LogP contribution in [0.4, 0.5) is 18.9 Å². The highest BCUT2D eigenvalue weighted by Crippen LogP contribution is 2.30. The number of benzene rings is 1. The molecule has 0 aliphatic carbocycles. The zero-order valence-corrected chi connectivity index (χ0v) is 13.5. The summed E-state index contributed by atoms with van der Waals surface area (Å²) in [4.78, 5) is 12.5. The van der Waals surface area contributed by atoms with Crippen LogP contribution in [-0.4, -0.2) is 10.5 Å². The molecule has 1 N–H and O–H groups in total. The van der Waals surface area contributed by atoms with Gasteiger partial charge in [-0.05, 0) is 43.3 Å². The number of carbonyl (C=O) groups excluding carboxylic acids is 1. The second kappa shape index (κ2) is 6.44. The molecule has 132 valence electrons. The van der Waals surface area contributed by atoms with E-state index in [1.807, 2.05) is 6.07 Å². The molecule has 1 amide bonds. The van der Waals surface area contributed by atoms with Gasteiger partial charge < -0.3 is 9.73 Å². The molecule has 26 heavy (non-hydrogen) atoms. The van der Waals surface area contributed by atoms with Crippen LogP contribution in [0.3, 0.4) is 0 Å². The van der Waals surface area contributed by atoms with Crippen LogP contribution in [0.15, 0.2) is 53.2 Å². The number of rotatable bonds is 3. The van der Waals surface area contributed by atoms with E-state index < -0.39 is 17.6 Å². The number of anilines is 1. The van der Waals surface area contributed by atoms with E-state index in [-0.39, 0.29) is 28.5 Å². The maximum Gasteiger partial charge on any atom is 0.416 e. The van der Waals surface area contributed by atoms with E-state index in [0.29, 0.717) is 0 Å². The molecule has 3 aromatic rings. The van der Waals surface area contributed by atoms with Crippen LogP contribution in [0.25, 0.3) is 5.88 Å². The van der Waals surface area contributed by atoms with Crippen LogP contribution in [0.2, 0.25) is 0 Å². The Hall–Kier alpha value is -3.47. The summed E-state index contributed by atoms with van der Waals surface area (Å²) in [7, 11) is 0. The van der Waals surface area contributed by atoms with E-state index in [0.717, 1.165) is 24.3 Å². The van der Waals surface area contributed by atoms with Gasteiger partial charge in [0.25, 0.3) is 5.91 Å². The van der Waals surface area contributed by atoms with Crippen LogP contribution in [0.1, 0.15) is 27.2 Å². The van der Waals surface area contributed by atoms with Crippen LogP contribution in [0, 0.1) is 18.3 Å². The Labute approximate surface area is 146 Å². The Kier molecular flexibility index (Phi) is 4.30. The molecule has 0 saturated heterocycles. The van der Waals surface area contributed by atoms with Crippen LogP contribution < -0.4 is 5.32 Å². The first-order valence-electron chi connectivity index (χ1n) is 7.46. The van der Waals surface area contributed by atoms with Gasteiger partial charge in [0, 0.05) is 18.1 Å². The first kappa shape index (κ1) is 17.4. The number of furan rings is 1. The lowest BCUT2D eigenvalue weighted by atomic mass is 10.1. The van der Waals surface area contributed by atoms with Gasteiger partial charge in [-0.2, -0.15) is 18.4 Å². The Morgan fingerprint density at radius 2 is 1.81 bits per heavy atom. The van der Waals surface area contributed by atoms with E-state index in [1.54, 1.807) is 29.1 Å². The molecule has 0 unspecified atom stereocenters. The molecule has 1 aromatic carbocycles. The summed E-state index contributed by atoms with van der Waals surface area (Å²) in [5.74, 6) is -0.205. The van der Waals surface area contributed by atoms with E-state index in [2.05, 4.69) is 5.32 Å². The Bertz CT molecular complexity index is 979. The fourth-order valence-corrected chi connectivity index (χ4v) is 2.50. The van der Waals surface area contributed by atoms with E-state index in [4.69, 9.17) is 4.42 Å². The standard InChI is InChI=1S/C18H12F3N3O2/c1-11-15(14(10-22)17(26-11)24-8-2-3-9-24)16(25)23-13-6-4-12(5-7-13)18(19,20)21/h2-9H,1H3,(H,23,25). The smallest absolute Gasteiger partial charge is 0.416 e. The number of carbonyl (C=O) groups is 1. The molecular formula is C18H12F3N3O2. The van der Waals surface area contributed by atoms with Gasteiger partial charge in [-0.25, -0.2) is 0 Å². The Morgan fingerprint density at radius 1 is 1.19 bits per heavy atom. The number of alkyl halides is 3. The number of nitrogens with one attached hydrogen (secondary N) is 1. The van der Waals surface area contributed by atoms with Crippen molar-refractivity contribution in [3.05, 3.63) is 71.2 Å². The normalized spacial score (nSPS) is 11.2. The van der Waals surface area contributed by atoms with Gasteiger partial charge in [-0.3, -0.25) is 9.36 Å². The SMILES string of the molecule is Cc1oc(-n2cccc2)c(C#N)c1C(=O)Nc1ccc(C(F)(F)F)cc1. The molecule has 2 heterocycles. The summed E-state index contributed by atoms with van der Waals surface area (Å²) < 4.78 is 44.9. The van der Waals surface area contributed by atoms with Crippen molar-refractivity contribution in [3.8, 4) is 12.0 Å². The summed E-state index contributed by atoms with van der Waals surface area (Å²) in [5.41, 5.74) is -0.559. The maximum absolute atomic E-state index is 12.6. The van der Waals surface area contributed by atoms with Crippen molar-refractivity contribution in [1.29, 1.82) is 5.26 Å². The maximum atomic E-state index is 12.6. The molecule has 0 aliphatic heterocycles. The summed E-state index contributed by atoms with van der Waals surface area (Å²) in [6, 6.07) is 9.45. The number of aryl methyl sites for hydroxylation is 1. The highest BCUT2D eigenvalue weighted by atomic mass is 19.4. The summed E-state index contributed by atoms with van der Waals surface area (Å²) in [6.07, 6.45) is -1.13. The van der Waals surface area contributed by atoms with Crippen molar-refractivity contribution in [3.63, 3.8) is 0 Å². The van der Waals surface area contributed by atoms with Crippen molar-refractivity contribution in [1.82, 2.24) is 4.57 Å². The highest BCUT2D eigenvalue weighted by Gasteiger charge is 2.30. The molecule has 0 radical (unpaired) electrons. The monoisotopic (exact) mass is 359 g/mol. The number of aromatic nitrogens is 1. The molecule has 3 rings (SSSR count). The van der Waals surface area contributed by atoms with Crippen LogP contribution >= 0.6 is 0 Å². The van der Waals surface area contributed by atoms with Crippen LogP contribution in [0.5, 0.6) is 0 Å². The quantitative estimate of drug-likeness (QED) is 0.747. The van der Waals surface area contributed by atoms with Gasteiger partial charge in [0.05, 0.1) is 5.56 Å². The van der Waals surface area contributed by atoms with Gasteiger partial charge in [-0.15, -0.1) is 0 Å². The molecule has 0 saturated carbocycles. The van der Waals surface area contributed by atoms with Gasteiger partial charge in [0.2, 0.25) is 5.88 Å². The summed E-state index contributed by atoms with van der Waals surface area (Å²) in [5, 5.41) is 11.9. The summed E-state index contributed by atoms with van der Waals surface area (Å²) >= 11 is 0.